The lowest BCUT2D eigenvalue weighted by atomic mass is 9.75. The molecule has 0 aromatic carbocycles. The second-order valence-electron chi connectivity index (χ2n) is 5.49. The van der Waals surface area contributed by atoms with E-state index in [2.05, 4.69) is 51.5 Å². The fourth-order valence-corrected chi connectivity index (χ4v) is 1.37. The smallest absolute Gasteiger partial charge is 0.0532 e. The van der Waals surface area contributed by atoms with Crippen molar-refractivity contribution in [2.24, 2.45) is 5.41 Å². The second-order valence-corrected chi connectivity index (χ2v) is 5.49. The molecule has 1 saturated heterocycles. The Morgan fingerprint density at radius 1 is 0.917 bits per heavy atom. The average molecular weight is 170 g/mol. The van der Waals surface area contributed by atoms with Crippen LogP contribution in [0.2, 0.25) is 0 Å². The van der Waals surface area contributed by atoms with E-state index in [-0.39, 0.29) is 0 Å². The predicted molar refractivity (Wildman–Crippen MR) is 52.9 cm³/mol. The van der Waals surface area contributed by atoms with Gasteiger partial charge in [-0.15, -0.1) is 0 Å². The molecule has 72 valence electrons. The quantitative estimate of drug-likeness (QED) is 0.593. The molecule has 0 bridgehead atoms. The minimum atomic E-state index is 0.305. The van der Waals surface area contributed by atoms with E-state index in [0.717, 1.165) is 13.3 Å². The lowest BCUT2D eigenvalue weighted by Gasteiger charge is -2.55. The summed E-state index contributed by atoms with van der Waals surface area (Å²) in [5.41, 5.74) is 0.660. The molecule has 2 heteroatoms. The normalized spacial score (nSPS) is 22.5. The molecule has 0 aromatic rings. The molecule has 0 saturated carbocycles. The third kappa shape index (κ3) is 1.50. The van der Waals surface area contributed by atoms with Crippen molar-refractivity contribution in [1.29, 1.82) is 0 Å². The summed E-state index contributed by atoms with van der Waals surface area (Å²) >= 11 is 0. The Labute approximate surface area is 76.5 Å². The molecule has 0 N–H and O–H groups in total. The average Bonchev–Trinajstić information content (AvgIpc) is 1.78. The molecule has 0 aliphatic carbocycles. The Hall–Kier alpha value is -0.0800. The highest BCUT2D eigenvalue weighted by atomic mass is 15.5. The molecule has 2 nitrogen and oxygen atoms in total. The number of rotatable bonds is 1. The Morgan fingerprint density at radius 3 is 1.58 bits per heavy atom. The monoisotopic (exact) mass is 170 g/mol. The molecule has 0 radical (unpaired) electrons. The first-order valence-corrected chi connectivity index (χ1v) is 4.69. The molecule has 1 aliphatic rings. The van der Waals surface area contributed by atoms with Gasteiger partial charge in [0, 0.05) is 5.54 Å². The maximum Gasteiger partial charge on any atom is 0.0532 e. The largest absolute Gasteiger partial charge is 0.280 e. The first kappa shape index (κ1) is 10.0. The van der Waals surface area contributed by atoms with Crippen molar-refractivity contribution in [1.82, 2.24) is 9.80 Å². The molecule has 0 atom stereocenters. The zero-order chi connectivity index (χ0) is 9.57. The summed E-state index contributed by atoms with van der Waals surface area (Å²) in [5.74, 6) is 0. The molecular weight excluding hydrogens is 148 g/mol. The number of hydrogen-bond donors (Lipinski definition) is 0. The fraction of sp³-hybridized carbons (Fsp3) is 1.00. The molecule has 0 aromatic heterocycles. The number of hydrogen-bond acceptors (Lipinski definition) is 2. The van der Waals surface area contributed by atoms with Crippen LogP contribution in [0.4, 0.5) is 0 Å². The zero-order valence-electron chi connectivity index (χ0n) is 9.31. The van der Waals surface area contributed by atoms with Gasteiger partial charge in [-0.3, -0.25) is 9.80 Å². The Bertz CT molecular complexity index is 161. The maximum atomic E-state index is 2.52. The van der Waals surface area contributed by atoms with Crippen LogP contribution in [0.5, 0.6) is 0 Å². The van der Waals surface area contributed by atoms with Crippen molar-refractivity contribution in [3.05, 3.63) is 0 Å². The maximum absolute atomic E-state index is 2.52. The van der Waals surface area contributed by atoms with E-state index in [4.69, 9.17) is 0 Å². The van der Waals surface area contributed by atoms with Gasteiger partial charge in [-0.2, -0.15) is 0 Å². The third-order valence-electron chi connectivity index (χ3n) is 3.45. The molecular formula is C10H22N2. The van der Waals surface area contributed by atoms with Gasteiger partial charge in [0.05, 0.1) is 13.3 Å². The van der Waals surface area contributed by atoms with Crippen molar-refractivity contribution < 1.29 is 0 Å². The van der Waals surface area contributed by atoms with Crippen LogP contribution in [0.15, 0.2) is 0 Å². The van der Waals surface area contributed by atoms with Crippen LogP contribution in [0, 0.1) is 5.41 Å². The highest BCUT2D eigenvalue weighted by molar-refractivity contribution is 4.94. The van der Waals surface area contributed by atoms with Crippen LogP contribution in [0.1, 0.15) is 34.6 Å². The van der Waals surface area contributed by atoms with Crippen LogP contribution in [-0.4, -0.2) is 35.7 Å². The van der Waals surface area contributed by atoms with Crippen LogP contribution in [-0.2, 0) is 0 Å². The highest BCUT2D eigenvalue weighted by Gasteiger charge is 2.42. The first-order valence-electron chi connectivity index (χ1n) is 4.69. The van der Waals surface area contributed by atoms with E-state index in [1.807, 2.05) is 0 Å². The lowest BCUT2D eigenvalue weighted by Crippen LogP contribution is -2.65. The third-order valence-corrected chi connectivity index (χ3v) is 3.45. The van der Waals surface area contributed by atoms with E-state index in [9.17, 15) is 0 Å². The summed E-state index contributed by atoms with van der Waals surface area (Å²) in [6.07, 6.45) is 0. The van der Waals surface area contributed by atoms with Gasteiger partial charge in [0.15, 0.2) is 0 Å². The van der Waals surface area contributed by atoms with Crippen LogP contribution >= 0.6 is 0 Å². The number of nitrogens with zero attached hydrogens (tertiary/aromatic N) is 2. The SMILES string of the molecule is CN1CN(C(C)(C)C(C)(C)C)C1. The van der Waals surface area contributed by atoms with Crippen molar-refractivity contribution in [3.8, 4) is 0 Å². The van der Waals surface area contributed by atoms with Gasteiger partial charge in [-0.1, -0.05) is 20.8 Å². The van der Waals surface area contributed by atoms with Crippen molar-refractivity contribution in [2.45, 2.75) is 40.2 Å². The van der Waals surface area contributed by atoms with Crippen molar-refractivity contribution in [2.75, 3.05) is 20.4 Å². The van der Waals surface area contributed by atoms with Crippen LogP contribution < -0.4 is 0 Å². The van der Waals surface area contributed by atoms with E-state index in [1.54, 1.807) is 0 Å². The summed E-state index contributed by atoms with van der Waals surface area (Å²) in [6, 6.07) is 0. The lowest BCUT2D eigenvalue weighted by molar-refractivity contribution is -0.116. The van der Waals surface area contributed by atoms with Crippen molar-refractivity contribution >= 4 is 0 Å². The van der Waals surface area contributed by atoms with Gasteiger partial charge in [-0.05, 0) is 26.3 Å². The molecule has 1 rings (SSSR count). The second kappa shape index (κ2) is 2.71. The summed E-state index contributed by atoms with van der Waals surface area (Å²) < 4.78 is 0. The van der Waals surface area contributed by atoms with Gasteiger partial charge in [0.25, 0.3) is 0 Å². The highest BCUT2D eigenvalue weighted by Crippen LogP contribution is 2.37. The summed E-state index contributed by atoms with van der Waals surface area (Å²) in [5, 5.41) is 0. The first-order chi connectivity index (χ1) is 5.25. The molecule has 0 spiro atoms. The molecule has 0 amide bonds. The van der Waals surface area contributed by atoms with Crippen LogP contribution in [0.3, 0.4) is 0 Å². The Morgan fingerprint density at radius 2 is 1.33 bits per heavy atom. The molecule has 1 aliphatic heterocycles. The Kier molecular flexibility index (Phi) is 2.26. The molecule has 1 fully saturated rings. The molecule has 12 heavy (non-hydrogen) atoms. The van der Waals surface area contributed by atoms with E-state index in [1.165, 1.54) is 0 Å². The molecule has 0 unspecified atom stereocenters. The van der Waals surface area contributed by atoms with E-state index >= 15 is 0 Å². The standard InChI is InChI=1S/C10H22N2/c1-9(2,3)10(4,5)12-7-11(6)8-12/h7-8H2,1-6H3. The summed E-state index contributed by atoms with van der Waals surface area (Å²) in [7, 11) is 2.16. The topological polar surface area (TPSA) is 6.48 Å². The van der Waals surface area contributed by atoms with Gasteiger partial charge in [0.1, 0.15) is 0 Å². The minimum absolute atomic E-state index is 0.305. The van der Waals surface area contributed by atoms with E-state index < -0.39 is 0 Å². The van der Waals surface area contributed by atoms with Gasteiger partial charge < -0.3 is 0 Å². The van der Waals surface area contributed by atoms with Gasteiger partial charge in [0.2, 0.25) is 0 Å². The molecule has 1 heterocycles. The van der Waals surface area contributed by atoms with Crippen molar-refractivity contribution in [3.63, 3.8) is 0 Å². The summed E-state index contributed by atoms with van der Waals surface area (Å²) in [4.78, 5) is 4.85. The summed E-state index contributed by atoms with van der Waals surface area (Å²) in [6.45, 7) is 13.8. The van der Waals surface area contributed by atoms with Gasteiger partial charge in [-0.25, -0.2) is 0 Å². The van der Waals surface area contributed by atoms with Crippen LogP contribution in [0.25, 0.3) is 0 Å². The van der Waals surface area contributed by atoms with Gasteiger partial charge >= 0.3 is 0 Å². The fourth-order valence-electron chi connectivity index (χ4n) is 1.37. The minimum Gasteiger partial charge on any atom is -0.280 e. The Balaban J connectivity index is 2.61. The zero-order valence-corrected chi connectivity index (χ0v) is 9.31. The predicted octanol–water partition coefficient (Wildman–Crippen LogP) is 1.97. The van der Waals surface area contributed by atoms with E-state index in [0.29, 0.717) is 11.0 Å².